The van der Waals surface area contributed by atoms with Gasteiger partial charge in [-0.2, -0.15) is 0 Å². The number of aromatic nitrogens is 3. The predicted molar refractivity (Wildman–Crippen MR) is 244 cm³/mol. The Hall–Kier alpha value is -7.23. The van der Waals surface area contributed by atoms with Crippen LogP contribution in [0.5, 0.6) is 0 Å². The average Bonchev–Trinajstić information content (AvgIpc) is 3.28. The van der Waals surface area contributed by atoms with Gasteiger partial charge in [0, 0.05) is 16.7 Å². The van der Waals surface area contributed by atoms with Gasteiger partial charge in [0.05, 0.1) is 0 Å². The summed E-state index contributed by atoms with van der Waals surface area (Å²) in [5.74, 6) is 1.92. The van der Waals surface area contributed by atoms with Crippen LogP contribution in [-0.2, 0) is 5.41 Å². The Bertz CT molecular complexity index is 3140. The fourth-order valence-electron chi connectivity index (χ4n) is 8.25. The number of rotatable bonds is 6. The van der Waals surface area contributed by atoms with Gasteiger partial charge in [-0.25, -0.2) is 15.0 Å². The molecule has 0 aliphatic carbocycles. The van der Waals surface area contributed by atoms with E-state index >= 15 is 0 Å². The van der Waals surface area contributed by atoms with Crippen LogP contribution in [0.3, 0.4) is 0 Å². The van der Waals surface area contributed by atoms with Crippen LogP contribution in [0.2, 0.25) is 0 Å². The van der Waals surface area contributed by atoms with Gasteiger partial charge in [-0.05, 0) is 94.9 Å². The number of nitrogens with zero attached hydrogens (tertiary/aromatic N) is 3. The molecule has 0 aliphatic heterocycles. The van der Waals surface area contributed by atoms with E-state index in [-0.39, 0.29) is 5.41 Å². The van der Waals surface area contributed by atoms with E-state index < -0.39 is 0 Å². The average molecular weight is 744 g/mol. The zero-order valence-corrected chi connectivity index (χ0v) is 32.8. The van der Waals surface area contributed by atoms with Crippen LogP contribution in [0, 0.1) is 0 Å². The number of fused-ring (bicyclic) bond motifs is 3. The van der Waals surface area contributed by atoms with Crippen molar-refractivity contribution in [2.75, 3.05) is 0 Å². The van der Waals surface area contributed by atoms with E-state index in [1.807, 2.05) is 0 Å². The van der Waals surface area contributed by atoms with Crippen molar-refractivity contribution in [3.8, 4) is 67.5 Å². The summed E-state index contributed by atoms with van der Waals surface area (Å²) in [6.07, 6.45) is 0. The summed E-state index contributed by atoms with van der Waals surface area (Å²) in [6.45, 7) is 6.88. The summed E-state index contributed by atoms with van der Waals surface area (Å²) >= 11 is 0. The third-order valence-corrected chi connectivity index (χ3v) is 11.2. The largest absolute Gasteiger partial charge is 0.208 e. The molecule has 10 aromatic rings. The van der Waals surface area contributed by atoms with Crippen LogP contribution in [0.4, 0.5) is 0 Å². The summed E-state index contributed by atoms with van der Waals surface area (Å²) in [7, 11) is 0. The summed E-state index contributed by atoms with van der Waals surface area (Å²) in [6, 6.07) is 69.2. The lowest BCUT2D eigenvalue weighted by Gasteiger charge is -2.25. The minimum atomic E-state index is -0.103. The van der Waals surface area contributed by atoms with Crippen molar-refractivity contribution in [2.24, 2.45) is 0 Å². The van der Waals surface area contributed by atoms with Crippen molar-refractivity contribution < 1.29 is 0 Å². The van der Waals surface area contributed by atoms with Crippen LogP contribution in [0.25, 0.3) is 99.9 Å². The molecule has 10 rings (SSSR count). The highest BCUT2D eigenvalue weighted by molar-refractivity contribution is 5.98. The Labute approximate surface area is 339 Å². The molecule has 0 aliphatic rings. The van der Waals surface area contributed by atoms with Crippen LogP contribution < -0.4 is 0 Å². The van der Waals surface area contributed by atoms with Gasteiger partial charge in [0.25, 0.3) is 0 Å². The van der Waals surface area contributed by atoms with Gasteiger partial charge in [0.2, 0.25) is 0 Å². The Morgan fingerprint density at radius 3 is 1.40 bits per heavy atom. The number of hydrogen-bond donors (Lipinski definition) is 0. The van der Waals surface area contributed by atoms with Crippen LogP contribution >= 0.6 is 0 Å². The van der Waals surface area contributed by atoms with E-state index in [9.17, 15) is 0 Å². The molecule has 3 nitrogen and oxygen atoms in total. The first-order valence-electron chi connectivity index (χ1n) is 19.9. The first-order valence-corrected chi connectivity index (χ1v) is 19.9. The number of hydrogen-bond acceptors (Lipinski definition) is 3. The van der Waals surface area contributed by atoms with Gasteiger partial charge >= 0.3 is 0 Å². The Balaban J connectivity index is 1.09. The molecule has 58 heavy (non-hydrogen) atoms. The second-order valence-electron chi connectivity index (χ2n) is 16.1. The molecule has 9 aromatic carbocycles. The maximum absolute atomic E-state index is 5.18. The monoisotopic (exact) mass is 743 g/mol. The Morgan fingerprint density at radius 1 is 0.293 bits per heavy atom. The third kappa shape index (κ3) is 6.61. The fourth-order valence-corrected chi connectivity index (χ4v) is 8.25. The zero-order chi connectivity index (χ0) is 39.2. The van der Waals surface area contributed by atoms with Crippen molar-refractivity contribution in [3.63, 3.8) is 0 Å². The summed E-state index contributed by atoms with van der Waals surface area (Å²) in [5, 5.41) is 7.29. The fraction of sp³-hybridized carbons (Fsp3) is 0.0727. The van der Waals surface area contributed by atoms with Gasteiger partial charge in [0.1, 0.15) is 0 Å². The quantitative estimate of drug-likeness (QED) is 0.170. The van der Waals surface area contributed by atoms with Crippen molar-refractivity contribution in [2.45, 2.75) is 26.2 Å². The molecule has 0 radical (unpaired) electrons. The third-order valence-electron chi connectivity index (χ3n) is 11.2. The van der Waals surface area contributed by atoms with Crippen molar-refractivity contribution in [3.05, 3.63) is 200 Å². The highest BCUT2D eigenvalue weighted by Crippen LogP contribution is 2.39. The van der Waals surface area contributed by atoms with Crippen LogP contribution in [-0.4, -0.2) is 15.0 Å². The molecule has 0 unspecified atom stereocenters. The molecular weight excluding hydrogens is 703 g/mol. The topological polar surface area (TPSA) is 38.7 Å². The number of benzene rings is 9. The second kappa shape index (κ2) is 14.4. The lowest BCUT2D eigenvalue weighted by atomic mass is 9.80. The molecule has 0 amide bonds. The second-order valence-corrected chi connectivity index (χ2v) is 16.1. The molecule has 0 atom stereocenters. The first-order chi connectivity index (χ1) is 28.4. The summed E-state index contributed by atoms with van der Waals surface area (Å²) < 4.78 is 0. The van der Waals surface area contributed by atoms with E-state index in [4.69, 9.17) is 15.0 Å². The minimum Gasteiger partial charge on any atom is -0.208 e. The highest BCUT2D eigenvalue weighted by atomic mass is 15.0. The van der Waals surface area contributed by atoms with E-state index in [0.29, 0.717) is 17.5 Å². The maximum atomic E-state index is 5.18. The lowest BCUT2D eigenvalue weighted by molar-refractivity contribution is 0.592. The smallest absolute Gasteiger partial charge is 0.164 e. The molecular formula is C55H41N3. The molecule has 0 N–H and O–H groups in total. The Kier molecular flexibility index (Phi) is 8.72. The molecule has 0 spiro atoms. The molecule has 1 heterocycles. The van der Waals surface area contributed by atoms with Crippen LogP contribution in [0.1, 0.15) is 26.3 Å². The van der Waals surface area contributed by atoms with Gasteiger partial charge in [-0.3, -0.25) is 0 Å². The van der Waals surface area contributed by atoms with E-state index in [0.717, 1.165) is 33.2 Å². The standard InChI is InChI=1S/C55H41N3/c1-55(2,3)51-35-43(49-24-12-18-38-15-7-9-22-47(38)49)31-32-50(51)42-19-10-20-44(34-42)53-56-52(57-54(58-53)45-30-25-36-13-4-5-16-41(36)33-45)40-28-26-39(27-29-40)48-23-11-17-37-14-6-8-21-46(37)48/h4-35H,1-3H3. The van der Waals surface area contributed by atoms with Gasteiger partial charge in [-0.1, -0.05) is 197 Å². The van der Waals surface area contributed by atoms with Crippen molar-refractivity contribution >= 4 is 32.3 Å². The molecule has 3 heteroatoms. The van der Waals surface area contributed by atoms with Gasteiger partial charge < -0.3 is 0 Å². The lowest BCUT2D eigenvalue weighted by Crippen LogP contribution is -2.13. The zero-order valence-electron chi connectivity index (χ0n) is 32.8. The predicted octanol–water partition coefficient (Wildman–Crippen LogP) is 14.6. The van der Waals surface area contributed by atoms with Crippen LogP contribution in [0.15, 0.2) is 194 Å². The van der Waals surface area contributed by atoms with E-state index in [2.05, 4.69) is 215 Å². The van der Waals surface area contributed by atoms with Gasteiger partial charge in [-0.15, -0.1) is 0 Å². The molecule has 0 saturated heterocycles. The van der Waals surface area contributed by atoms with E-state index in [1.165, 1.54) is 54.7 Å². The maximum Gasteiger partial charge on any atom is 0.164 e. The Morgan fingerprint density at radius 2 is 0.741 bits per heavy atom. The molecule has 0 fully saturated rings. The van der Waals surface area contributed by atoms with Crippen molar-refractivity contribution in [1.82, 2.24) is 15.0 Å². The minimum absolute atomic E-state index is 0.103. The summed E-state index contributed by atoms with van der Waals surface area (Å²) in [5.41, 5.74) is 11.1. The highest BCUT2D eigenvalue weighted by Gasteiger charge is 2.21. The normalized spacial score (nSPS) is 11.7. The molecule has 0 saturated carbocycles. The van der Waals surface area contributed by atoms with Gasteiger partial charge in [0.15, 0.2) is 17.5 Å². The SMILES string of the molecule is CC(C)(C)c1cc(-c2cccc3ccccc23)ccc1-c1cccc(-c2nc(-c3ccc(-c4cccc5ccccc45)cc3)nc(-c3ccc4ccccc4c3)n2)c1. The van der Waals surface area contributed by atoms with E-state index in [1.54, 1.807) is 0 Å². The van der Waals surface area contributed by atoms with Crippen molar-refractivity contribution in [1.29, 1.82) is 0 Å². The first kappa shape index (κ1) is 35.2. The summed E-state index contributed by atoms with van der Waals surface area (Å²) in [4.78, 5) is 15.5. The molecule has 0 bridgehead atoms. The molecule has 1 aromatic heterocycles. The molecule has 276 valence electrons.